The lowest BCUT2D eigenvalue weighted by Crippen LogP contribution is -2.34. The number of aromatic hydroxyl groups is 1. The van der Waals surface area contributed by atoms with Crippen LogP contribution in [0.5, 0.6) is 5.75 Å². The minimum atomic E-state index is -0.426. The Morgan fingerprint density at radius 3 is 2.50 bits per heavy atom. The number of phenols is 1. The van der Waals surface area contributed by atoms with Crippen molar-refractivity contribution in [2.75, 3.05) is 16.8 Å². The molecule has 2 amide bonds. The zero-order valence-electron chi connectivity index (χ0n) is 26.8. The number of carbonyl (C=O) groups excluding carboxylic acids is 2. The minimum absolute atomic E-state index is 0.112. The molecule has 4 aromatic rings. The summed E-state index contributed by atoms with van der Waals surface area (Å²) in [5.74, 6) is -0.960. The second-order valence-corrected chi connectivity index (χ2v) is 13.7. The molecule has 0 spiro atoms. The molecular formula is C40H38BrN3O4. The Labute approximate surface area is 289 Å². The van der Waals surface area contributed by atoms with Crippen LogP contribution in [0.3, 0.4) is 0 Å². The predicted octanol–water partition coefficient (Wildman–Crippen LogP) is 8.94. The van der Waals surface area contributed by atoms with Gasteiger partial charge in [-0.15, -0.1) is 0 Å². The second kappa shape index (κ2) is 13.9. The van der Waals surface area contributed by atoms with Gasteiger partial charge in [-0.25, -0.2) is 0 Å². The molecule has 2 saturated heterocycles. The number of halogens is 1. The minimum Gasteiger partial charge on any atom is -0.507 e. The first-order valence-electron chi connectivity index (χ1n) is 16.6. The zero-order valence-corrected chi connectivity index (χ0v) is 28.4. The number of pyridine rings is 1. The lowest BCUT2D eigenvalue weighted by Gasteiger charge is -2.32. The molecular weight excluding hydrogens is 666 g/mol. The number of fused-ring (bicyclic) bond motifs is 3. The fourth-order valence-electron chi connectivity index (χ4n) is 7.59. The molecule has 1 aromatic heterocycles. The van der Waals surface area contributed by atoms with E-state index in [0.29, 0.717) is 37.1 Å². The second-order valence-electron chi connectivity index (χ2n) is 12.7. The van der Waals surface area contributed by atoms with Crippen molar-refractivity contribution in [2.24, 2.45) is 17.8 Å². The molecule has 2 fully saturated rings. The van der Waals surface area contributed by atoms with Crippen molar-refractivity contribution in [2.45, 2.75) is 45.1 Å². The van der Waals surface area contributed by atoms with Gasteiger partial charge in [0.15, 0.2) is 0 Å². The zero-order chi connectivity index (χ0) is 33.2. The van der Waals surface area contributed by atoms with Crippen molar-refractivity contribution in [3.63, 3.8) is 0 Å². The number of benzene rings is 3. The van der Waals surface area contributed by atoms with Gasteiger partial charge in [-0.2, -0.15) is 0 Å². The van der Waals surface area contributed by atoms with Crippen molar-refractivity contribution < 1.29 is 19.4 Å². The number of imide groups is 1. The molecule has 3 aliphatic rings. The van der Waals surface area contributed by atoms with Crippen LogP contribution in [-0.4, -0.2) is 34.6 Å². The van der Waals surface area contributed by atoms with Gasteiger partial charge in [0.1, 0.15) is 5.75 Å². The molecule has 0 unspecified atom stereocenters. The van der Waals surface area contributed by atoms with E-state index in [9.17, 15) is 14.7 Å². The van der Waals surface area contributed by atoms with Gasteiger partial charge < -0.3 is 15.2 Å². The molecule has 0 saturated carbocycles. The molecule has 0 bridgehead atoms. The average Bonchev–Trinajstić information content (AvgIpc) is 3.64. The number of ether oxygens (including phenoxy) is 1. The molecule has 3 aromatic carbocycles. The van der Waals surface area contributed by atoms with E-state index in [-0.39, 0.29) is 35.5 Å². The van der Waals surface area contributed by atoms with Crippen molar-refractivity contribution in [1.29, 1.82) is 0 Å². The van der Waals surface area contributed by atoms with Gasteiger partial charge >= 0.3 is 0 Å². The van der Waals surface area contributed by atoms with Crippen LogP contribution in [0.15, 0.2) is 113 Å². The van der Waals surface area contributed by atoms with Crippen molar-refractivity contribution >= 4 is 56.5 Å². The fraction of sp³-hybridized carbons (Fsp3) is 0.275. The monoisotopic (exact) mass is 703 g/mol. The van der Waals surface area contributed by atoms with E-state index in [1.54, 1.807) is 12.3 Å². The maximum Gasteiger partial charge on any atom is 0.238 e. The Morgan fingerprint density at radius 1 is 0.979 bits per heavy atom. The summed E-state index contributed by atoms with van der Waals surface area (Å²) in [5.41, 5.74) is 7.49. The third kappa shape index (κ3) is 6.34. The molecule has 7 nitrogen and oxygen atoms in total. The van der Waals surface area contributed by atoms with Crippen LogP contribution in [0.4, 0.5) is 17.1 Å². The van der Waals surface area contributed by atoms with E-state index in [1.165, 1.54) is 16.0 Å². The number of allylic oxidation sites excluding steroid dienone is 2. The predicted molar refractivity (Wildman–Crippen MR) is 193 cm³/mol. The van der Waals surface area contributed by atoms with Gasteiger partial charge in [-0.3, -0.25) is 19.5 Å². The van der Waals surface area contributed by atoms with Crippen molar-refractivity contribution in [3.05, 3.63) is 124 Å². The van der Waals surface area contributed by atoms with Crippen LogP contribution < -0.4 is 10.2 Å². The molecule has 7 rings (SSSR count). The van der Waals surface area contributed by atoms with Gasteiger partial charge in [0, 0.05) is 33.5 Å². The Kier molecular flexibility index (Phi) is 9.28. The van der Waals surface area contributed by atoms with Crippen LogP contribution in [0, 0.1) is 17.8 Å². The summed E-state index contributed by atoms with van der Waals surface area (Å²) in [4.78, 5) is 34.1. The third-order valence-corrected chi connectivity index (χ3v) is 10.2. The van der Waals surface area contributed by atoms with E-state index in [1.807, 2.05) is 91.0 Å². The highest BCUT2D eigenvalue weighted by Gasteiger charge is 2.57. The number of nitrogens with zero attached hydrogens (tertiary/aromatic N) is 2. The highest BCUT2D eigenvalue weighted by atomic mass is 79.9. The molecule has 3 heterocycles. The van der Waals surface area contributed by atoms with Gasteiger partial charge in [0.2, 0.25) is 11.8 Å². The Morgan fingerprint density at radius 2 is 1.75 bits per heavy atom. The summed E-state index contributed by atoms with van der Waals surface area (Å²) in [6.07, 6.45) is 7.41. The molecule has 48 heavy (non-hydrogen) atoms. The summed E-state index contributed by atoms with van der Waals surface area (Å²) in [7, 11) is 0. The first-order valence-corrected chi connectivity index (χ1v) is 17.4. The molecule has 4 atom stereocenters. The Bertz CT molecular complexity index is 1870. The lowest BCUT2D eigenvalue weighted by molar-refractivity contribution is -0.122. The van der Waals surface area contributed by atoms with Gasteiger partial charge in [0.25, 0.3) is 0 Å². The number of amides is 2. The summed E-state index contributed by atoms with van der Waals surface area (Å²) < 4.78 is 7.39. The molecule has 2 N–H and O–H groups in total. The number of hydrogen-bond donors (Lipinski definition) is 2. The largest absolute Gasteiger partial charge is 0.507 e. The van der Waals surface area contributed by atoms with Crippen LogP contribution in [-0.2, 0) is 14.3 Å². The van der Waals surface area contributed by atoms with Gasteiger partial charge in [-0.1, -0.05) is 59.1 Å². The van der Waals surface area contributed by atoms with Gasteiger partial charge in [0.05, 0.1) is 35.9 Å². The number of phenolic OH excluding ortho intramolecular Hbond substituents is 1. The Hall–Kier alpha value is -4.53. The Balaban J connectivity index is 1.13. The number of rotatable bonds is 10. The number of nitrogens with one attached hydrogen (secondary N) is 1. The molecule has 8 heteroatoms. The highest BCUT2D eigenvalue weighted by Crippen LogP contribution is 2.51. The highest BCUT2D eigenvalue weighted by molar-refractivity contribution is 9.10. The van der Waals surface area contributed by atoms with E-state index in [2.05, 4.69) is 33.2 Å². The summed E-state index contributed by atoms with van der Waals surface area (Å²) in [6, 6.07) is 28.6. The van der Waals surface area contributed by atoms with Crippen molar-refractivity contribution in [1.82, 2.24) is 4.98 Å². The lowest BCUT2D eigenvalue weighted by atomic mass is 9.68. The SMILES string of the molecule is CCCC1=C2[C@@H](CC/C(=C/c3cc(Br)ccc3O)c3ccccn3)OC[C@@H]2[C@@H]2C(=O)N(c3ccc(Nc4ccccc4)cc3)C(=O)[C@@H]2C1. The van der Waals surface area contributed by atoms with Crippen LogP contribution >= 0.6 is 15.9 Å². The molecule has 1 aliphatic carbocycles. The summed E-state index contributed by atoms with van der Waals surface area (Å²) in [5, 5.41) is 13.9. The van der Waals surface area contributed by atoms with E-state index < -0.39 is 5.92 Å². The quantitative estimate of drug-likeness (QED) is 0.127. The number of carbonyl (C=O) groups is 2. The van der Waals surface area contributed by atoms with Crippen LogP contribution in [0.2, 0.25) is 0 Å². The van der Waals surface area contributed by atoms with E-state index in [0.717, 1.165) is 40.0 Å². The number of para-hydroxylation sites is 1. The number of anilines is 3. The molecule has 0 radical (unpaired) electrons. The van der Waals surface area contributed by atoms with Crippen LogP contribution in [0.1, 0.15) is 50.3 Å². The maximum atomic E-state index is 14.1. The third-order valence-electron chi connectivity index (χ3n) is 9.74. The summed E-state index contributed by atoms with van der Waals surface area (Å²) >= 11 is 3.52. The normalized spacial score (nSPS) is 22.2. The van der Waals surface area contributed by atoms with Crippen molar-refractivity contribution in [3.8, 4) is 5.75 Å². The standard InChI is InChI=1S/C40H38BrN3O4/c1-2-8-26-23-32-38(40(47)44(39(32)46)31-16-14-30(15-17-31)43-29-9-4-3-5-10-29)33-24-48-36(37(26)33)19-12-25(34-11-6-7-20-42-34)21-27-22-28(41)13-18-35(27)45/h3-7,9-11,13-18,20-22,32-33,36,38,43,45H,2,8,12,19,23-24H2,1H3/b25-21-/t32-,33+,36-,38-/m1/s1. The fourth-order valence-corrected chi connectivity index (χ4v) is 7.97. The van der Waals surface area contributed by atoms with Gasteiger partial charge in [-0.05, 0) is 110 Å². The maximum absolute atomic E-state index is 14.1. The topological polar surface area (TPSA) is 91.8 Å². The average molecular weight is 705 g/mol. The number of aromatic nitrogens is 1. The molecule has 2 aliphatic heterocycles. The first-order chi connectivity index (χ1) is 23.4. The van der Waals surface area contributed by atoms with E-state index in [4.69, 9.17) is 4.74 Å². The van der Waals surface area contributed by atoms with Crippen LogP contribution in [0.25, 0.3) is 11.6 Å². The molecule has 244 valence electrons. The first kappa shape index (κ1) is 32.0. The summed E-state index contributed by atoms with van der Waals surface area (Å²) in [6.45, 7) is 2.58. The number of hydrogen-bond acceptors (Lipinski definition) is 6. The van der Waals surface area contributed by atoms with E-state index >= 15 is 0 Å². The smallest absolute Gasteiger partial charge is 0.238 e.